The Balaban J connectivity index is 2.70. The third kappa shape index (κ3) is 8.05. The molecule has 1 N–H and O–H groups in total. The number of thioether (sulfide) groups is 1. The molecule has 1 nitrogen and oxygen atoms in total. The van der Waals surface area contributed by atoms with Gasteiger partial charge >= 0.3 is 0 Å². The SMILES string of the molecule is C=CSCCNCCCC. The van der Waals surface area contributed by atoms with Gasteiger partial charge in [-0.3, -0.25) is 0 Å². The van der Waals surface area contributed by atoms with Crippen LogP contribution >= 0.6 is 11.8 Å². The summed E-state index contributed by atoms with van der Waals surface area (Å²) in [5.41, 5.74) is 0. The van der Waals surface area contributed by atoms with Crippen LogP contribution < -0.4 is 5.32 Å². The molecule has 0 spiro atoms. The lowest BCUT2D eigenvalue weighted by atomic mass is 10.3. The molecule has 0 heterocycles. The minimum absolute atomic E-state index is 1.11. The van der Waals surface area contributed by atoms with Crippen LogP contribution in [0, 0.1) is 0 Å². The summed E-state index contributed by atoms with van der Waals surface area (Å²) < 4.78 is 0. The van der Waals surface area contributed by atoms with Crippen LogP contribution in [0.3, 0.4) is 0 Å². The fourth-order valence-corrected chi connectivity index (χ4v) is 1.07. The second kappa shape index (κ2) is 9.05. The molecule has 0 saturated carbocycles. The molecule has 0 atom stereocenters. The summed E-state index contributed by atoms with van der Waals surface area (Å²) in [5, 5.41) is 5.24. The van der Waals surface area contributed by atoms with Gasteiger partial charge in [0.05, 0.1) is 0 Å². The highest BCUT2D eigenvalue weighted by Gasteiger charge is 1.84. The Bertz CT molecular complexity index is 73.7. The molecule has 60 valence electrons. The molecule has 0 aromatic carbocycles. The lowest BCUT2D eigenvalue weighted by molar-refractivity contribution is 0.666. The van der Waals surface area contributed by atoms with Crippen molar-refractivity contribution in [2.45, 2.75) is 19.8 Å². The maximum atomic E-state index is 3.63. The van der Waals surface area contributed by atoms with Gasteiger partial charge in [-0.05, 0) is 18.4 Å². The predicted molar refractivity (Wildman–Crippen MR) is 50.4 cm³/mol. The van der Waals surface area contributed by atoms with Crippen molar-refractivity contribution in [3.8, 4) is 0 Å². The summed E-state index contributed by atoms with van der Waals surface area (Å²) >= 11 is 1.77. The maximum Gasteiger partial charge on any atom is 0.00994 e. The van der Waals surface area contributed by atoms with E-state index in [1.807, 2.05) is 5.41 Å². The normalized spacial score (nSPS) is 9.70. The standard InChI is InChI=1S/C8H17NS/c1-3-5-6-9-7-8-10-4-2/h4,9H,2-3,5-8H2,1H3. The highest BCUT2D eigenvalue weighted by Crippen LogP contribution is 1.96. The Morgan fingerprint density at radius 2 is 2.30 bits per heavy atom. The smallest absolute Gasteiger partial charge is 0.00994 e. The molecule has 0 aromatic rings. The number of hydrogen-bond acceptors (Lipinski definition) is 2. The van der Waals surface area contributed by atoms with Crippen LogP contribution in [0.5, 0.6) is 0 Å². The topological polar surface area (TPSA) is 12.0 Å². The summed E-state index contributed by atoms with van der Waals surface area (Å²) in [6.45, 7) is 8.11. The van der Waals surface area contributed by atoms with Gasteiger partial charge in [0, 0.05) is 12.3 Å². The predicted octanol–water partition coefficient (Wildman–Crippen LogP) is 2.25. The second-order valence-electron chi connectivity index (χ2n) is 2.14. The first kappa shape index (κ1) is 10.0. The fraction of sp³-hybridized carbons (Fsp3) is 0.750. The molecule has 2 heteroatoms. The van der Waals surface area contributed by atoms with Crippen molar-refractivity contribution in [3.63, 3.8) is 0 Å². The van der Waals surface area contributed by atoms with E-state index in [1.54, 1.807) is 11.8 Å². The molecule has 0 aromatic heterocycles. The Hall–Kier alpha value is 0.0500. The van der Waals surface area contributed by atoms with E-state index in [0.717, 1.165) is 18.8 Å². The van der Waals surface area contributed by atoms with Gasteiger partial charge in [-0.2, -0.15) is 0 Å². The zero-order valence-corrected chi connectivity index (χ0v) is 7.54. The van der Waals surface area contributed by atoms with E-state index in [9.17, 15) is 0 Å². The van der Waals surface area contributed by atoms with E-state index in [4.69, 9.17) is 0 Å². The van der Waals surface area contributed by atoms with E-state index < -0.39 is 0 Å². The van der Waals surface area contributed by atoms with Gasteiger partial charge in [-0.15, -0.1) is 11.8 Å². The number of rotatable bonds is 7. The quantitative estimate of drug-likeness (QED) is 0.572. The van der Waals surface area contributed by atoms with E-state index in [1.165, 1.54) is 12.8 Å². The molecule has 0 aliphatic heterocycles. The Kier molecular flexibility index (Phi) is 9.10. The zero-order valence-electron chi connectivity index (χ0n) is 6.73. The molecule has 0 aliphatic rings. The van der Waals surface area contributed by atoms with Crippen molar-refractivity contribution < 1.29 is 0 Å². The average molecular weight is 159 g/mol. The van der Waals surface area contributed by atoms with Crippen molar-refractivity contribution in [2.75, 3.05) is 18.8 Å². The molecule has 0 unspecified atom stereocenters. The lowest BCUT2D eigenvalue weighted by Gasteiger charge is -2.00. The van der Waals surface area contributed by atoms with Gasteiger partial charge in [0.25, 0.3) is 0 Å². The summed E-state index contributed by atoms with van der Waals surface area (Å²) in [5.74, 6) is 1.15. The van der Waals surface area contributed by atoms with Gasteiger partial charge < -0.3 is 5.32 Å². The van der Waals surface area contributed by atoms with Crippen molar-refractivity contribution in [1.82, 2.24) is 5.32 Å². The number of hydrogen-bond donors (Lipinski definition) is 1. The molecule has 0 saturated heterocycles. The first-order valence-corrected chi connectivity index (χ1v) is 4.90. The third-order valence-electron chi connectivity index (χ3n) is 1.22. The van der Waals surface area contributed by atoms with Crippen LogP contribution in [0.2, 0.25) is 0 Å². The average Bonchev–Trinajstić information content (AvgIpc) is 1.97. The highest BCUT2D eigenvalue weighted by molar-refractivity contribution is 8.02. The summed E-state index contributed by atoms with van der Waals surface area (Å²) in [6.07, 6.45) is 2.57. The molecule has 10 heavy (non-hydrogen) atoms. The molecular formula is C8H17NS. The molecule has 0 rings (SSSR count). The summed E-state index contributed by atoms with van der Waals surface area (Å²) in [6, 6.07) is 0. The maximum absolute atomic E-state index is 3.63. The van der Waals surface area contributed by atoms with Gasteiger partial charge in [0.2, 0.25) is 0 Å². The first-order valence-electron chi connectivity index (χ1n) is 3.85. The Labute approximate surface area is 68.3 Å². The third-order valence-corrected chi connectivity index (χ3v) is 1.90. The zero-order chi connectivity index (χ0) is 7.66. The van der Waals surface area contributed by atoms with E-state index in [2.05, 4.69) is 18.8 Å². The molecule has 0 bridgehead atoms. The highest BCUT2D eigenvalue weighted by atomic mass is 32.2. The fourth-order valence-electron chi connectivity index (χ4n) is 0.641. The largest absolute Gasteiger partial charge is 0.316 e. The molecule has 0 aliphatic carbocycles. The van der Waals surface area contributed by atoms with Crippen LogP contribution in [0.4, 0.5) is 0 Å². The molecular weight excluding hydrogens is 142 g/mol. The van der Waals surface area contributed by atoms with Gasteiger partial charge in [-0.1, -0.05) is 19.9 Å². The monoisotopic (exact) mass is 159 g/mol. The van der Waals surface area contributed by atoms with Crippen molar-refractivity contribution in [2.24, 2.45) is 0 Å². The van der Waals surface area contributed by atoms with Crippen LogP contribution in [0.1, 0.15) is 19.8 Å². The van der Waals surface area contributed by atoms with E-state index in [0.29, 0.717) is 0 Å². The van der Waals surface area contributed by atoms with Gasteiger partial charge in [0.15, 0.2) is 0 Å². The van der Waals surface area contributed by atoms with E-state index in [-0.39, 0.29) is 0 Å². The van der Waals surface area contributed by atoms with E-state index >= 15 is 0 Å². The van der Waals surface area contributed by atoms with Crippen molar-refractivity contribution >= 4 is 11.8 Å². The number of unbranched alkanes of at least 4 members (excludes halogenated alkanes) is 1. The molecule has 0 fully saturated rings. The van der Waals surface area contributed by atoms with Crippen LogP contribution in [0.25, 0.3) is 0 Å². The minimum Gasteiger partial charge on any atom is -0.316 e. The van der Waals surface area contributed by atoms with Crippen molar-refractivity contribution in [3.05, 3.63) is 12.0 Å². The van der Waals surface area contributed by atoms with Crippen LogP contribution in [-0.4, -0.2) is 18.8 Å². The first-order chi connectivity index (χ1) is 4.91. The van der Waals surface area contributed by atoms with Crippen molar-refractivity contribution in [1.29, 1.82) is 0 Å². The number of nitrogens with one attached hydrogen (secondary N) is 1. The minimum atomic E-state index is 1.11. The molecule has 0 amide bonds. The lowest BCUT2D eigenvalue weighted by Crippen LogP contribution is -2.17. The van der Waals surface area contributed by atoms with Gasteiger partial charge in [0.1, 0.15) is 0 Å². The van der Waals surface area contributed by atoms with Crippen LogP contribution in [0.15, 0.2) is 12.0 Å². The van der Waals surface area contributed by atoms with Crippen LogP contribution in [-0.2, 0) is 0 Å². The van der Waals surface area contributed by atoms with Gasteiger partial charge in [-0.25, -0.2) is 0 Å². The second-order valence-corrected chi connectivity index (χ2v) is 3.22. The Morgan fingerprint density at radius 3 is 2.90 bits per heavy atom. The Morgan fingerprint density at radius 1 is 1.50 bits per heavy atom. The summed E-state index contributed by atoms with van der Waals surface area (Å²) in [4.78, 5) is 0. The molecule has 0 radical (unpaired) electrons. The summed E-state index contributed by atoms with van der Waals surface area (Å²) in [7, 11) is 0.